The minimum absolute atomic E-state index is 0.0579. The van der Waals surface area contributed by atoms with Gasteiger partial charge in [0.25, 0.3) is 0 Å². The van der Waals surface area contributed by atoms with Crippen molar-refractivity contribution >= 4 is 23.2 Å². The van der Waals surface area contributed by atoms with Crippen LogP contribution in [0.25, 0.3) is 11.4 Å². The van der Waals surface area contributed by atoms with Crippen molar-refractivity contribution in [2.24, 2.45) is 0 Å². The number of nitrogens with one attached hydrogen (secondary N) is 2. The molecule has 0 aliphatic carbocycles. The van der Waals surface area contributed by atoms with Gasteiger partial charge in [-0.1, -0.05) is 35.5 Å². The Bertz CT molecular complexity index is 1390. The number of fused-ring (bicyclic) bond motifs is 1. The van der Waals surface area contributed by atoms with Crippen LogP contribution in [0.1, 0.15) is 41.7 Å². The fraction of sp³-hybridized carbons (Fsp3) is 0.240. The Balaban J connectivity index is 1.48. The van der Waals surface area contributed by atoms with Gasteiger partial charge in [0.1, 0.15) is 11.6 Å². The molecule has 1 atom stereocenters. The summed E-state index contributed by atoms with van der Waals surface area (Å²) >= 11 is 0. The lowest BCUT2D eigenvalue weighted by molar-refractivity contribution is 0.0684. The average molecular weight is 473 g/mol. The maximum Gasteiger partial charge on any atom is 0.229 e. The molecule has 2 aromatic heterocycles. The number of aliphatic hydroxyl groups is 1. The van der Waals surface area contributed by atoms with E-state index in [2.05, 4.69) is 30.7 Å². The molecule has 0 fully saturated rings. The van der Waals surface area contributed by atoms with Crippen LogP contribution in [0.2, 0.25) is 0 Å². The van der Waals surface area contributed by atoms with Crippen molar-refractivity contribution in [1.82, 2.24) is 20.1 Å². The van der Waals surface area contributed by atoms with Gasteiger partial charge in [-0.25, -0.2) is 4.98 Å². The molecule has 0 radical (unpaired) electrons. The number of carbonyl (C=O) groups is 1. The highest BCUT2D eigenvalue weighted by Crippen LogP contribution is 2.37. The molecule has 10 heteroatoms. The number of benzene rings is 2. The predicted octanol–water partition coefficient (Wildman–Crippen LogP) is 4.08. The van der Waals surface area contributed by atoms with Gasteiger partial charge in [-0.3, -0.25) is 4.79 Å². The van der Waals surface area contributed by atoms with E-state index in [9.17, 15) is 9.90 Å². The van der Waals surface area contributed by atoms with Gasteiger partial charge in [0.15, 0.2) is 5.60 Å². The third kappa shape index (κ3) is 4.43. The van der Waals surface area contributed by atoms with Gasteiger partial charge in [-0.05, 0) is 31.5 Å². The lowest BCUT2D eigenvalue weighted by Crippen LogP contribution is -2.31. The number of anilines is 3. The monoisotopic (exact) mass is 472 g/mol. The second-order valence-corrected chi connectivity index (χ2v) is 8.66. The number of aromatic nitrogens is 4. The zero-order valence-corrected chi connectivity index (χ0v) is 19.4. The maximum absolute atomic E-state index is 12.4. The van der Waals surface area contributed by atoms with Gasteiger partial charge in [0.2, 0.25) is 23.4 Å². The van der Waals surface area contributed by atoms with Crippen LogP contribution in [0.5, 0.6) is 5.75 Å². The molecule has 5 rings (SSSR count). The van der Waals surface area contributed by atoms with Crippen LogP contribution in [0.3, 0.4) is 0 Å². The van der Waals surface area contributed by atoms with E-state index in [1.807, 2.05) is 30.3 Å². The SMILES string of the molecule is Cc1nc(-c2cnc(Nc3ccc4c(c3)OC(C)(C)C4=O)nc2N[C@H](CO)c2ccccc2)no1. The molecule has 0 bridgehead atoms. The first kappa shape index (κ1) is 22.5. The molecule has 0 spiro atoms. The van der Waals surface area contributed by atoms with Crippen LogP contribution < -0.4 is 15.4 Å². The summed E-state index contributed by atoms with van der Waals surface area (Å²) in [6.07, 6.45) is 1.58. The molecule has 2 aromatic carbocycles. The average Bonchev–Trinajstić information content (AvgIpc) is 3.37. The fourth-order valence-electron chi connectivity index (χ4n) is 3.86. The van der Waals surface area contributed by atoms with E-state index in [4.69, 9.17) is 9.26 Å². The number of hydrogen-bond donors (Lipinski definition) is 3. The summed E-state index contributed by atoms with van der Waals surface area (Å²) in [7, 11) is 0. The van der Waals surface area contributed by atoms with Crippen LogP contribution in [0, 0.1) is 6.92 Å². The third-order valence-electron chi connectivity index (χ3n) is 5.65. The van der Waals surface area contributed by atoms with Gasteiger partial charge < -0.3 is 25.0 Å². The van der Waals surface area contributed by atoms with E-state index in [1.54, 1.807) is 45.2 Å². The van der Waals surface area contributed by atoms with Crippen LogP contribution in [-0.4, -0.2) is 43.2 Å². The van der Waals surface area contributed by atoms with Crippen molar-refractivity contribution in [3.8, 4) is 17.1 Å². The minimum atomic E-state index is -0.893. The number of carbonyl (C=O) groups excluding carboxylic acids is 1. The molecular weight excluding hydrogens is 448 g/mol. The van der Waals surface area contributed by atoms with E-state index in [-0.39, 0.29) is 12.4 Å². The second-order valence-electron chi connectivity index (χ2n) is 8.66. The van der Waals surface area contributed by atoms with E-state index < -0.39 is 11.6 Å². The van der Waals surface area contributed by atoms with Crippen molar-refractivity contribution in [3.05, 3.63) is 71.7 Å². The summed E-state index contributed by atoms with van der Waals surface area (Å²) in [6.45, 7) is 5.02. The molecule has 1 aliphatic rings. The first-order chi connectivity index (χ1) is 16.8. The molecule has 178 valence electrons. The van der Waals surface area contributed by atoms with Crippen molar-refractivity contribution in [2.45, 2.75) is 32.4 Å². The van der Waals surface area contributed by atoms with Crippen LogP contribution in [0.4, 0.5) is 17.5 Å². The quantitative estimate of drug-likeness (QED) is 0.361. The number of aryl methyl sites for hydroxylation is 1. The third-order valence-corrected chi connectivity index (χ3v) is 5.65. The zero-order valence-electron chi connectivity index (χ0n) is 19.4. The molecule has 3 heterocycles. The Morgan fingerprint density at radius 3 is 2.60 bits per heavy atom. The highest BCUT2D eigenvalue weighted by Gasteiger charge is 2.39. The molecule has 4 aromatic rings. The molecule has 0 amide bonds. The Morgan fingerprint density at radius 1 is 1.09 bits per heavy atom. The summed E-state index contributed by atoms with van der Waals surface area (Å²) in [6, 6.07) is 14.4. The number of hydrogen-bond acceptors (Lipinski definition) is 10. The summed E-state index contributed by atoms with van der Waals surface area (Å²) in [5, 5.41) is 20.5. The molecule has 0 saturated carbocycles. The summed E-state index contributed by atoms with van der Waals surface area (Å²) < 4.78 is 10.9. The van der Waals surface area contributed by atoms with Gasteiger partial charge in [0, 0.05) is 24.9 Å². The number of nitrogens with zero attached hydrogens (tertiary/aromatic N) is 4. The Kier molecular flexibility index (Phi) is 5.65. The smallest absolute Gasteiger partial charge is 0.229 e. The summed E-state index contributed by atoms with van der Waals surface area (Å²) in [5.74, 6) is 1.90. The van der Waals surface area contributed by atoms with Crippen molar-refractivity contribution < 1.29 is 19.2 Å². The van der Waals surface area contributed by atoms with Crippen LogP contribution in [-0.2, 0) is 0 Å². The van der Waals surface area contributed by atoms with Crippen LogP contribution in [0.15, 0.2) is 59.3 Å². The first-order valence-corrected chi connectivity index (χ1v) is 11.1. The number of Topliss-reactive ketones (excluding diaryl/α,β-unsaturated/α-hetero) is 1. The fourth-order valence-corrected chi connectivity index (χ4v) is 3.86. The molecule has 1 aliphatic heterocycles. The first-order valence-electron chi connectivity index (χ1n) is 11.1. The van der Waals surface area contributed by atoms with Gasteiger partial charge in [-0.2, -0.15) is 9.97 Å². The lowest BCUT2D eigenvalue weighted by Gasteiger charge is -2.19. The Morgan fingerprint density at radius 2 is 1.89 bits per heavy atom. The molecule has 35 heavy (non-hydrogen) atoms. The van der Waals surface area contributed by atoms with Crippen molar-refractivity contribution in [1.29, 1.82) is 0 Å². The van der Waals surface area contributed by atoms with Crippen LogP contribution >= 0.6 is 0 Å². The lowest BCUT2D eigenvalue weighted by atomic mass is 10.00. The largest absolute Gasteiger partial charge is 0.479 e. The molecule has 0 unspecified atom stereocenters. The van der Waals surface area contributed by atoms with Gasteiger partial charge in [-0.15, -0.1) is 0 Å². The van der Waals surface area contributed by atoms with E-state index in [0.29, 0.717) is 46.0 Å². The van der Waals surface area contributed by atoms with E-state index >= 15 is 0 Å². The normalized spacial score (nSPS) is 14.8. The van der Waals surface area contributed by atoms with Crippen molar-refractivity contribution in [2.75, 3.05) is 17.2 Å². The number of ether oxygens (including phenoxy) is 1. The molecule has 3 N–H and O–H groups in total. The Hall–Kier alpha value is -4.31. The minimum Gasteiger partial charge on any atom is -0.479 e. The second kappa shape index (κ2) is 8.80. The van der Waals surface area contributed by atoms with E-state index in [0.717, 1.165) is 5.56 Å². The van der Waals surface area contributed by atoms with E-state index in [1.165, 1.54) is 0 Å². The number of aliphatic hydroxyl groups excluding tert-OH is 1. The predicted molar refractivity (Wildman–Crippen MR) is 129 cm³/mol. The number of ketones is 1. The Labute approximate surface area is 201 Å². The zero-order chi connectivity index (χ0) is 24.6. The van der Waals surface area contributed by atoms with Gasteiger partial charge >= 0.3 is 0 Å². The highest BCUT2D eigenvalue weighted by atomic mass is 16.5. The summed E-state index contributed by atoms with van der Waals surface area (Å²) in [4.78, 5) is 25.8. The topological polar surface area (TPSA) is 135 Å². The molecule has 10 nitrogen and oxygen atoms in total. The molecular formula is C25H24N6O4. The maximum atomic E-state index is 12.4. The standard InChI is InChI=1S/C25H24N6O4/c1-14-27-23(31-35-14)18-12-26-24(30-22(18)29-19(13-32)15-7-5-4-6-8-15)28-16-9-10-17-20(11-16)34-25(2,3)21(17)33/h4-12,19,32H,13H2,1-3H3,(H2,26,28,29,30)/t19-/m1/s1. The number of rotatable bonds is 7. The van der Waals surface area contributed by atoms with Gasteiger partial charge in [0.05, 0.1) is 23.8 Å². The highest BCUT2D eigenvalue weighted by molar-refractivity contribution is 6.07. The summed E-state index contributed by atoms with van der Waals surface area (Å²) in [5.41, 5.74) is 1.72. The molecule has 0 saturated heterocycles. The van der Waals surface area contributed by atoms with Crippen molar-refractivity contribution in [3.63, 3.8) is 0 Å².